The second kappa shape index (κ2) is 5.76. The highest BCUT2D eigenvalue weighted by atomic mass is 32.2. The molecule has 0 aromatic heterocycles. The summed E-state index contributed by atoms with van der Waals surface area (Å²) in [5, 5.41) is 0. The van der Waals surface area contributed by atoms with Crippen LogP contribution in [-0.2, 0) is 6.54 Å². The van der Waals surface area contributed by atoms with Gasteiger partial charge in [0.1, 0.15) is 0 Å². The number of hydrogen-bond acceptors (Lipinski definition) is 3. The van der Waals surface area contributed by atoms with Crippen molar-refractivity contribution in [3.8, 4) is 0 Å². The molecule has 0 bridgehead atoms. The van der Waals surface area contributed by atoms with E-state index in [-0.39, 0.29) is 0 Å². The lowest BCUT2D eigenvalue weighted by molar-refractivity contribution is 0.362. The van der Waals surface area contributed by atoms with Crippen LogP contribution in [0.3, 0.4) is 0 Å². The lowest BCUT2D eigenvalue weighted by Crippen LogP contribution is -2.43. The normalized spacial score (nSPS) is 26.5. The van der Waals surface area contributed by atoms with Gasteiger partial charge in [-0.2, -0.15) is 0 Å². The quantitative estimate of drug-likeness (QED) is 0.855. The predicted molar refractivity (Wildman–Crippen MR) is 83.8 cm³/mol. The fourth-order valence-electron chi connectivity index (χ4n) is 3.97. The number of nitrogens with two attached hydrogens (primary N) is 1. The summed E-state index contributed by atoms with van der Waals surface area (Å²) < 4.78 is 0. The van der Waals surface area contributed by atoms with Crippen LogP contribution >= 0.6 is 11.8 Å². The Hall–Kier alpha value is -0.670. The number of fused-ring (bicyclic) bond motifs is 1. The number of rotatable bonds is 3. The molecule has 2 atom stereocenters. The van der Waals surface area contributed by atoms with Crippen LogP contribution in [0.4, 0.5) is 5.69 Å². The Morgan fingerprint density at radius 2 is 2.11 bits per heavy atom. The van der Waals surface area contributed by atoms with E-state index in [2.05, 4.69) is 29.4 Å². The van der Waals surface area contributed by atoms with Crippen LogP contribution in [-0.4, -0.2) is 18.8 Å². The molecule has 2 unspecified atom stereocenters. The molecular weight excluding hydrogens is 252 g/mol. The number of benzene rings is 1. The molecule has 1 heterocycles. The molecule has 2 nitrogen and oxygen atoms in total. The summed E-state index contributed by atoms with van der Waals surface area (Å²) in [5.74, 6) is 0.928. The summed E-state index contributed by atoms with van der Waals surface area (Å²) in [7, 11) is 0. The number of nitrogens with zero attached hydrogens (tertiary/aromatic N) is 1. The van der Waals surface area contributed by atoms with Gasteiger partial charge in [0.25, 0.3) is 0 Å². The fraction of sp³-hybridized carbons (Fsp3) is 0.625. The van der Waals surface area contributed by atoms with Crippen molar-refractivity contribution in [1.82, 2.24) is 0 Å². The van der Waals surface area contributed by atoms with Crippen molar-refractivity contribution >= 4 is 17.4 Å². The largest absolute Gasteiger partial charge is 0.368 e. The molecule has 1 saturated carbocycles. The predicted octanol–water partition coefficient (Wildman–Crippen LogP) is 3.64. The molecule has 1 aromatic rings. The molecule has 104 valence electrons. The van der Waals surface area contributed by atoms with E-state index < -0.39 is 0 Å². The van der Waals surface area contributed by atoms with Crippen molar-refractivity contribution in [2.45, 2.75) is 49.6 Å². The Morgan fingerprint density at radius 3 is 2.89 bits per heavy atom. The topological polar surface area (TPSA) is 29.3 Å². The molecule has 1 saturated heterocycles. The van der Waals surface area contributed by atoms with Gasteiger partial charge in [0.15, 0.2) is 0 Å². The van der Waals surface area contributed by atoms with Crippen molar-refractivity contribution in [2.75, 3.05) is 17.7 Å². The maximum atomic E-state index is 6.03. The van der Waals surface area contributed by atoms with Crippen molar-refractivity contribution in [2.24, 2.45) is 11.7 Å². The van der Waals surface area contributed by atoms with E-state index >= 15 is 0 Å². The molecule has 2 fully saturated rings. The first-order valence-corrected chi connectivity index (χ1v) is 8.70. The lowest BCUT2D eigenvalue weighted by atomic mass is 9.91. The third-order valence-corrected chi connectivity index (χ3v) is 5.66. The first kappa shape index (κ1) is 13.3. The standard InChI is InChI=1S/C16H24N2S/c1-19-16-9-3-8-15(13(16)11-17)18-10-4-6-12-5-2-7-14(12)18/h3,8-9,12,14H,2,4-7,10-11,17H2,1H3. The molecule has 19 heavy (non-hydrogen) atoms. The van der Waals surface area contributed by atoms with Crippen molar-refractivity contribution in [1.29, 1.82) is 0 Å². The Bertz CT molecular complexity index is 446. The SMILES string of the molecule is CSc1cccc(N2CCCC3CCCC32)c1CN. The van der Waals surface area contributed by atoms with Gasteiger partial charge >= 0.3 is 0 Å². The molecule has 1 aliphatic heterocycles. The van der Waals surface area contributed by atoms with Crippen LogP contribution in [0.5, 0.6) is 0 Å². The molecule has 2 N–H and O–H groups in total. The number of hydrogen-bond donors (Lipinski definition) is 1. The van der Waals surface area contributed by atoms with Crippen LogP contribution in [0.25, 0.3) is 0 Å². The average molecular weight is 276 g/mol. The number of piperidine rings is 1. The zero-order valence-corrected chi connectivity index (χ0v) is 12.6. The number of thioether (sulfide) groups is 1. The fourth-order valence-corrected chi connectivity index (χ4v) is 4.62. The highest BCUT2D eigenvalue weighted by Gasteiger charge is 2.35. The second-order valence-corrected chi connectivity index (χ2v) is 6.60. The first-order valence-electron chi connectivity index (χ1n) is 7.47. The minimum atomic E-state index is 0.653. The summed E-state index contributed by atoms with van der Waals surface area (Å²) in [6.45, 7) is 1.87. The molecule has 1 aliphatic carbocycles. The highest BCUT2D eigenvalue weighted by molar-refractivity contribution is 7.98. The third-order valence-electron chi connectivity index (χ3n) is 4.84. The van der Waals surface area contributed by atoms with Gasteiger partial charge in [0.2, 0.25) is 0 Å². The van der Waals surface area contributed by atoms with Crippen LogP contribution in [0.2, 0.25) is 0 Å². The minimum absolute atomic E-state index is 0.653. The Labute approximate surface area is 120 Å². The van der Waals surface area contributed by atoms with Gasteiger partial charge in [-0.1, -0.05) is 12.5 Å². The average Bonchev–Trinajstić information content (AvgIpc) is 2.94. The van der Waals surface area contributed by atoms with Crippen LogP contribution in [0, 0.1) is 5.92 Å². The molecule has 3 heteroatoms. The van der Waals surface area contributed by atoms with Crippen molar-refractivity contribution in [3.63, 3.8) is 0 Å². The zero-order chi connectivity index (χ0) is 13.2. The van der Waals surface area contributed by atoms with Crippen molar-refractivity contribution in [3.05, 3.63) is 23.8 Å². The Morgan fingerprint density at radius 1 is 1.26 bits per heavy atom. The summed E-state index contributed by atoms with van der Waals surface area (Å²) in [5.41, 5.74) is 8.79. The highest BCUT2D eigenvalue weighted by Crippen LogP contribution is 2.41. The van der Waals surface area contributed by atoms with Gasteiger partial charge in [0.05, 0.1) is 0 Å². The maximum absolute atomic E-state index is 6.03. The van der Waals surface area contributed by atoms with Crippen LogP contribution in [0.1, 0.15) is 37.7 Å². The minimum Gasteiger partial charge on any atom is -0.368 e. The van der Waals surface area contributed by atoms with E-state index in [1.165, 1.54) is 54.8 Å². The van der Waals surface area contributed by atoms with E-state index in [1.54, 1.807) is 0 Å². The van der Waals surface area contributed by atoms with Gasteiger partial charge in [-0.15, -0.1) is 11.8 Å². The lowest BCUT2D eigenvalue weighted by Gasteiger charge is -2.40. The molecule has 3 rings (SSSR count). The van der Waals surface area contributed by atoms with E-state index in [0.29, 0.717) is 6.54 Å². The van der Waals surface area contributed by atoms with Gasteiger partial charge in [-0.25, -0.2) is 0 Å². The maximum Gasteiger partial charge on any atom is 0.0425 e. The summed E-state index contributed by atoms with van der Waals surface area (Å²) in [6, 6.07) is 7.45. The molecule has 0 spiro atoms. The molecule has 1 aromatic carbocycles. The second-order valence-electron chi connectivity index (χ2n) is 5.76. The smallest absolute Gasteiger partial charge is 0.0425 e. The summed E-state index contributed by atoms with van der Waals surface area (Å²) in [6.07, 6.45) is 9.13. The van der Waals surface area contributed by atoms with Gasteiger partial charge in [0, 0.05) is 35.3 Å². The van der Waals surface area contributed by atoms with Crippen LogP contribution in [0.15, 0.2) is 23.1 Å². The van der Waals surface area contributed by atoms with Gasteiger partial charge < -0.3 is 10.6 Å². The van der Waals surface area contributed by atoms with E-state index in [0.717, 1.165) is 12.0 Å². The molecule has 0 amide bonds. The molecular formula is C16H24N2S. The first-order chi connectivity index (χ1) is 9.35. The molecule has 2 aliphatic rings. The Balaban J connectivity index is 1.96. The summed E-state index contributed by atoms with van der Waals surface area (Å²) in [4.78, 5) is 4.02. The van der Waals surface area contributed by atoms with E-state index in [9.17, 15) is 0 Å². The monoisotopic (exact) mass is 276 g/mol. The van der Waals surface area contributed by atoms with Gasteiger partial charge in [-0.05, 0) is 50.0 Å². The molecule has 0 radical (unpaired) electrons. The zero-order valence-electron chi connectivity index (χ0n) is 11.8. The Kier molecular flexibility index (Phi) is 4.04. The number of anilines is 1. The third kappa shape index (κ3) is 2.38. The van der Waals surface area contributed by atoms with Gasteiger partial charge in [-0.3, -0.25) is 0 Å². The summed E-state index contributed by atoms with van der Waals surface area (Å²) >= 11 is 1.82. The van der Waals surface area contributed by atoms with Crippen LogP contribution < -0.4 is 10.6 Å². The van der Waals surface area contributed by atoms with E-state index in [1.807, 2.05) is 11.8 Å². The van der Waals surface area contributed by atoms with Crippen molar-refractivity contribution < 1.29 is 0 Å². The van der Waals surface area contributed by atoms with E-state index in [4.69, 9.17) is 5.73 Å².